The zero-order chi connectivity index (χ0) is 13.7. The average molecular weight is 280 g/mol. The lowest BCUT2D eigenvalue weighted by atomic mass is 10.5. The highest BCUT2D eigenvalue weighted by Gasteiger charge is 2.08. The number of anilines is 1. The van der Waals surface area contributed by atoms with Crippen LogP contribution in [-0.4, -0.2) is 43.3 Å². The van der Waals surface area contributed by atoms with E-state index in [2.05, 4.69) is 24.7 Å². The summed E-state index contributed by atoms with van der Waals surface area (Å²) in [5.41, 5.74) is 5.62. The van der Waals surface area contributed by atoms with Gasteiger partial charge in [0, 0.05) is 18.1 Å². The molecule has 2 N–H and O–H groups in total. The van der Waals surface area contributed by atoms with Crippen LogP contribution < -0.4 is 5.73 Å². The quantitative estimate of drug-likeness (QED) is 0.615. The van der Waals surface area contributed by atoms with Crippen LogP contribution in [0.1, 0.15) is 6.42 Å². The Labute approximate surface area is 113 Å². The number of ether oxygens (including phenoxy) is 1. The van der Waals surface area contributed by atoms with Gasteiger partial charge in [0.25, 0.3) is 0 Å². The predicted octanol–water partition coefficient (Wildman–Crippen LogP) is 0.295. The minimum atomic E-state index is -0.274. The van der Waals surface area contributed by atoms with E-state index in [1.165, 1.54) is 18.9 Å². The Morgan fingerprint density at radius 3 is 3.00 bits per heavy atom. The first-order valence-corrected chi connectivity index (χ1v) is 6.37. The van der Waals surface area contributed by atoms with Gasteiger partial charge >= 0.3 is 5.97 Å². The number of nitrogens with zero attached hydrogens (tertiary/aromatic N) is 5. The summed E-state index contributed by atoms with van der Waals surface area (Å²) in [6.07, 6.45) is 5.17. The summed E-state index contributed by atoms with van der Waals surface area (Å²) in [5, 5.41) is 0.458. The van der Waals surface area contributed by atoms with Gasteiger partial charge in [0.15, 0.2) is 5.16 Å². The second-order valence-corrected chi connectivity index (χ2v) is 4.48. The molecule has 0 aliphatic heterocycles. The number of nitrogen functional groups attached to an aromatic ring is 1. The molecular weight excluding hydrogens is 268 g/mol. The van der Waals surface area contributed by atoms with E-state index >= 15 is 0 Å². The number of aromatic nitrogens is 5. The number of hydrogen-bond acceptors (Lipinski definition) is 8. The Kier molecular flexibility index (Phi) is 4.29. The smallest absolute Gasteiger partial charge is 0.306 e. The minimum Gasteiger partial charge on any atom is -0.469 e. The second-order valence-electron chi connectivity index (χ2n) is 3.42. The van der Waals surface area contributed by atoms with Gasteiger partial charge < -0.3 is 10.5 Å². The summed E-state index contributed by atoms with van der Waals surface area (Å²) >= 11 is 1.31. The highest BCUT2D eigenvalue weighted by atomic mass is 32.2. The average Bonchev–Trinajstić information content (AvgIpc) is 2.91. The summed E-state index contributed by atoms with van der Waals surface area (Å²) < 4.78 is 6.18. The third-order valence-electron chi connectivity index (χ3n) is 2.12. The molecule has 2 heterocycles. The van der Waals surface area contributed by atoms with Gasteiger partial charge in [0.1, 0.15) is 6.33 Å². The molecule has 2 aromatic heterocycles. The number of thioether (sulfide) groups is 1. The second kappa shape index (κ2) is 6.14. The van der Waals surface area contributed by atoms with Crippen molar-refractivity contribution in [1.29, 1.82) is 0 Å². The zero-order valence-electron chi connectivity index (χ0n) is 10.2. The molecule has 0 bridgehead atoms. The van der Waals surface area contributed by atoms with E-state index in [9.17, 15) is 4.79 Å². The number of nitrogens with two attached hydrogens (primary N) is 1. The third kappa shape index (κ3) is 3.65. The van der Waals surface area contributed by atoms with Gasteiger partial charge in [-0.25, -0.2) is 4.98 Å². The maximum Gasteiger partial charge on any atom is 0.306 e. The fraction of sp³-hybridized carbons (Fsp3) is 0.300. The van der Waals surface area contributed by atoms with Crippen LogP contribution in [0.25, 0.3) is 5.95 Å². The standard InChI is InChI=1S/C10H12N6O2S/c1-18-7(17)2-5-19-10-14-8(11)13-9(15-10)16-4-3-12-6-16/h3-4,6H,2,5H2,1H3,(H2,11,13,14,15). The van der Waals surface area contributed by atoms with E-state index in [4.69, 9.17) is 5.73 Å². The van der Waals surface area contributed by atoms with Crippen molar-refractivity contribution >= 4 is 23.7 Å². The fourth-order valence-electron chi connectivity index (χ4n) is 1.25. The number of methoxy groups -OCH3 is 1. The first-order chi connectivity index (χ1) is 9.19. The molecule has 2 aromatic rings. The van der Waals surface area contributed by atoms with Crippen molar-refractivity contribution in [1.82, 2.24) is 24.5 Å². The molecule has 0 saturated heterocycles. The van der Waals surface area contributed by atoms with Gasteiger partial charge in [-0.3, -0.25) is 9.36 Å². The molecule has 0 aliphatic rings. The van der Waals surface area contributed by atoms with Crippen molar-refractivity contribution in [2.24, 2.45) is 0 Å². The van der Waals surface area contributed by atoms with Crippen molar-refractivity contribution < 1.29 is 9.53 Å². The molecule has 8 nitrogen and oxygen atoms in total. The largest absolute Gasteiger partial charge is 0.469 e. The van der Waals surface area contributed by atoms with Crippen LogP contribution in [0.5, 0.6) is 0 Å². The van der Waals surface area contributed by atoms with Crippen LogP contribution >= 0.6 is 11.8 Å². The SMILES string of the molecule is COC(=O)CCSc1nc(N)nc(-n2ccnc2)n1. The van der Waals surface area contributed by atoms with Gasteiger partial charge in [-0.15, -0.1) is 0 Å². The van der Waals surface area contributed by atoms with Crippen molar-refractivity contribution in [2.45, 2.75) is 11.6 Å². The number of rotatable bonds is 5. The first kappa shape index (κ1) is 13.3. The lowest BCUT2D eigenvalue weighted by Crippen LogP contribution is -2.07. The summed E-state index contributed by atoms with van der Waals surface area (Å²) in [4.78, 5) is 27.1. The van der Waals surface area contributed by atoms with E-state index in [-0.39, 0.29) is 18.3 Å². The Hall–Kier alpha value is -2.16. The van der Waals surface area contributed by atoms with Crippen molar-refractivity contribution in [3.05, 3.63) is 18.7 Å². The maximum absolute atomic E-state index is 11.0. The molecular formula is C10H12N6O2S. The Morgan fingerprint density at radius 1 is 1.47 bits per heavy atom. The Bertz CT molecular complexity index is 559. The van der Waals surface area contributed by atoms with Gasteiger partial charge in [-0.05, 0) is 0 Å². The van der Waals surface area contributed by atoms with Crippen LogP contribution in [0.2, 0.25) is 0 Å². The number of carbonyl (C=O) groups excluding carboxylic acids is 1. The molecule has 0 fully saturated rings. The van der Waals surface area contributed by atoms with Crippen molar-refractivity contribution in [3.63, 3.8) is 0 Å². The molecule has 0 aliphatic carbocycles. The molecule has 19 heavy (non-hydrogen) atoms. The lowest BCUT2D eigenvalue weighted by molar-refractivity contribution is -0.140. The maximum atomic E-state index is 11.0. The normalized spacial score (nSPS) is 10.4. The number of hydrogen-bond donors (Lipinski definition) is 1. The predicted molar refractivity (Wildman–Crippen MR) is 68.7 cm³/mol. The van der Waals surface area contributed by atoms with Crippen molar-refractivity contribution in [3.8, 4) is 5.95 Å². The van der Waals surface area contributed by atoms with Crippen LogP contribution in [0.15, 0.2) is 23.9 Å². The zero-order valence-corrected chi connectivity index (χ0v) is 11.0. The number of carbonyl (C=O) groups is 1. The van der Waals surface area contributed by atoms with Crippen LogP contribution in [-0.2, 0) is 9.53 Å². The molecule has 9 heteroatoms. The summed E-state index contributed by atoms with van der Waals surface area (Å²) in [5.74, 6) is 0.758. The molecule has 0 radical (unpaired) electrons. The van der Waals surface area contributed by atoms with Crippen molar-refractivity contribution in [2.75, 3.05) is 18.6 Å². The molecule has 0 aromatic carbocycles. The van der Waals surface area contributed by atoms with E-state index < -0.39 is 0 Å². The minimum absolute atomic E-state index is 0.124. The molecule has 2 rings (SSSR count). The summed E-state index contributed by atoms with van der Waals surface area (Å²) in [6, 6.07) is 0. The number of esters is 1. The van der Waals surface area contributed by atoms with Crippen LogP contribution in [0, 0.1) is 0 Å². The van der Waals surface area contributed by atoms with Gasteiger partial charge in [-0.1, -0.05) is 11.8 Å². The lowest BCUT2D eigenvalue weighted by Gasteiger charge is -2.04. The van der Waals surface area contributed by atoms with E-state index in [1.807, 2.05) is 0 Å². The van der Waals surface area contributed by atoms with Crippen LogP contribution in [0.3, 0.4) is 0 Å². The van der Waals surface area contributed by atoms with E-state index in [0.29, 0.717) is 16.9 Å². The molecule has 0 amide bonds. The molecule has 0 spiro atoms. The van der Waals surface area contributed by atoms with Gasteiger partial charge in [0.2, 0.25) is 11.9 Å². The summed E-state index contributed by atoms with van der Waals surface area (Å²) in [6.45, 7) is 0. The number of imidazole rings is 1. The third-order valence-corrected chi connectivity index (χ3v) is 2.97. The highest BCUT2D eigenvalue weighted by Crippen LogP contribution is 2.16. The highest BCUT2D eigenvalue weighted by molar-refractivity contribution is 7.99. The molecule has 0 unspecified atom stereocenters. The molecule has 0 atom stereocenters. The van der Waals surface area contributed by atoms with E-state index in [1.54, 1.807) is 23.3 Å². The van der Waals surface area contributed by atoms with E-state index in [0.717, 1.165) is 0 Å². The fourth-order valence-corrected chi connectivity index (χ4v) is 2.00. The summed E-state index contributed by atoms with van der Waals surface area (Å²) in [7, 11) is 1.35. The Balaban J connectivity index is 2.07. The monoisotopic (exact) mass is 280 g/mol. The van der Waals surface area contributed by atoms with Gasteiger partial charge in [-0.2, -0.15) is 15.0 Å². The Morgan fingerprint density at radius 2 is 2.32 bits per heavy atom. The van der Waals surface area contributed by atoms with Gasteiger partial charge in [0.05, 0.1) is 13.5 Å². The first-order valence-electron chi connectivity index (χ1n) is 5.38. The topological polar surface area (TPSA) is 109 Å². The van der Waals surface area contributed by atoms with Crippen LogP contribution in [0.4, 0.5) is 5.95 Å². The molecule has 100 valence electrons. The molecule has 0 saturated carbocycles.